The molecule has 0 fully saturated rings. The van der Waals surface area contributed by atoms with Crippen molar-refractivity contribution >= 4 is 60.9 Å². The van der Waals surface area contributed by atoms with E-state index in [0.29, 0.717) is 5.89 Å². The molecule has 0 bridgehead atoms. The first-order valence-electron chi connectivity index (χ1n) is 17.1. The van der Waals surface area contributed by atoms with Gasteiger partial charge in [0.1, 0.15) is 16.7 Å². The van der Waals surface area contributed by atoms with Crippen LogP contribution in [0, 0.1) is 0 Å². The zero-order valence-electron chi connectivity index (χ0n) is 27.5. The number of fused-ring (bicyclic) bond motifs is 5. The number of para-hydroxylation sites is 3. The summed E-state index contributed by atoms with van der Waals surface area (Å²) in [6.45, 7) is 0. The molecule has 0 saturated carbocycles. The SMILES string of the molecule is c1ccc(-c2ccccc2N(c2cccc(-c3cccc4ccccc34)c2)c2ccc3oc4cccc(-c5nc6ccccc6o5)c4c3c2)cc1. The van der Waals surface area contributed by atoms with E-state index in [2.05, 4.69) is 150 Å². The number of hydrogen-bond donors (Lipinski definition) is 0. The predicted molar refractivity (Wildman–Crippen MR) is 210 cm³/mol. The summed E-state index contributed by atoms with van der Waals surface area (Å²) in [5, 5.41) is 4.42. The fourth-order valence-corrected chi connectivity index (χ4v) is 7.37. The molecule has 0 atom stereocenters. The number of aromatic nitrogens is 1. The molecule has 0 amide bonds. The summed E-state index contributed by atoms with van der Waals surface area (Å²) in [5.41, 5.74) is 11.8. The molecule has 0 aliphatic rings. The monoisotopic (exact) mass is 654 g/mol. The van der Waals surface area contributed by atoms with Crippen LogP contribution in [0.1, 0.15) is 0 Å². The fraction of sp³-hybridized carbons (Fsp3) is 0. The van der Waals surface area contributed by atoms with Gasteiger partial charge in [-0.15, -0.1) is 0 Å². The van der Waals surface area contributed by atoms with Crippen LogP contribution >= 0.6 is 0 Å². The molecule has 51 heavy (non-hydrogen) atoms. The molecule has 0 unspecified atom stereocenters. The molecule has 4 heteroatoms. The highest BCUT2D eigenvalue weighted by molar-refractivity contribution is 6.13. The van der Waals surface area contributed by atoms with Crippen molar-refractivity contribution in [2.75, 3.05) is 4.90 Å². The zero-order valence-corrected chi connectivity index (χ0v) is 27.5. The summed E-state index contributed by atoms with van der Waals surface area (Å²) in [6, 6.07) is 63.5. The van der Waals surface area contributed by atoms with E-state index in [1.807, 2.05) is 36.4 Å². The first kappa shape index (κ1) is 29.0. The standard InChI is InChI=1S/C47H30N2O2/c1-2-13-32(14-3-1)38-20-6-8-24-42(38)49(34-18-10-17-33(29-34)37-21-11-16-31-15-4-5-19-36(31)37)35-27-28-43-40(30-35)46-39(22-12-26-45(46)50-43)47-48-41-23-7-9-25-44(41)51-47/h1-30H. The Bertz CT molecular complexity index is 2850. The van der Waals surface area contributed by atoms with Crippen LogP contribution in [0.4, 0.5) is 17.1 Å². The molecule has 0 N–H and O–H groups in total. The molecule has 0 saturated heterocycles. The highest BCUT2D eigenvalue weighted by Gasteiger charge is 2.21. The first-order valence-corrected chi connectivity index (χ1v) is 17.1. The maximum atomic E-state index is 6.46. The van der Waals surface area contributed by atoms with Crippen molar-refractivity contribution in [3.8, 4) is 33.7 Å². The molecular formula is C47H30N2O2. The van der Waals surface area contributed by atoms with E-state index in [0.717, 1.165) is 72.4 Å². The summed E-state index contributed by atoms with van der Waals surface area (Å²) < 4.78 is 12.7. The lowest BCUT2D eigenvalue weighted by atomic mass is 9.97. The van der Waals surface area contributed by atoms with E-state index < -0.39 is 0 Å². The number of furan rings is 1. The summed E-state index contributed by atoms with van der Waals surface area (Å²) >= 11 is 0. The van der Waals surface area contributed by atoms with Crippen LogP contribution in [0.15, 0.2) is 191 Å². The molecule has 10 rings (SSSR count). The largest absolute Gasteiger partial charge is 0.456 e. The van der Waals surface area contributed by atoms with Gasteiger partial charge in [-0.25, -0.2) is 4.98 Å². The normalized spacial score (nSPS) is 11.5. The van der Waals surface area contributed by atoms with Gasteiger partial charge in [0.05, 0.1) is 5.69 Å². The van der Waals surface area contributed by atoms with Gasteiger partial charge in [0.25, 0.3) is 0 Å². The Hall–Kier alpha value is -6.91. The lowest BCUT2D eigenvalue weighted by Gasteiger charge is -2.28. The van der Waals surface area contributed by atoms with Gasteiger partial charge < -0.3 is 13.7 Å². The number of hydrogen-bond acceptors (Lipinski definition) is 4. The minimum atomic E-state index is 0.573. The Labute approximate surface area is 294 Å². The van der Waals surface area contributed by atoms with Crippen LogP contribution in [0.5, 0.6) is 0 Å². The van der Waals surface area contributed by atoms with E-state index in [1.165, 1.54) is 16.3 Å². The van der Waals surface area contributed by atoms with Gasteiger partial charge in [-0.3, -0.25) is 0 Å². The lowest BCUT2D eigenvalue weighted by molar-refractivity contribution is 0.620. The van der Waals surface area contributed by atoms with Crippen molar-refractivity contribution in [3.63, 3.8) is 0 Å². The maximum absolute atomic E-state index is 6.46. The van der Waals surface area contributed by atoms with Crippen molar-refractivity contribution < 1.29 is 8.83 Å². The Morgan fingerprint density at radius 3 is 2.04 bits per heavy atom. The van der Waals surface area contributed by atoms with Crippen molar-refractivity contribution in [1.82, 2.24) is 4.98 Å². The van der Waals surface area contributed by atoms with Gasteiger partial charge in [-0.2, -0.15) is 0 Å². The molecular weight excluding hydrogens is 625 g/mol. The highest BCUT2D eigenvalue weighted by atomic mass is 16.3. The molecule has 4 nitrogen and oxygen atoms in total. The molecule has 240 valence electrons. The smallest absolute Gasteiger partial charge is 0.228 e. The summed E-state index contributed by atoms with van der Waals surface area (Å²) in [4.78, 5) is 7.22. The van der Waals surface area contributed by atoms with Crippen LogP contribution in [0.2, 0.25) is 0 Å². The minimum Gasteiger partial charge on any atom is -0.456 e. The van der Waals surface area contributed by atoms with Gasteiger partial charge in [0, 0.05) is 33.3 Å². The molecule has 2 aromatic heterocycles. The molecule has 2 heterocycles. The molecule has 0 radical (unpaired) electrons. The quantitative estimate of drug-likeness (QED) is 0.179. The van der Waals surface area contributed by atoms with Gasteiger partial charge in [-0.05, 0) is 88.1 Å². The summed E-state index contributed by atoms with van der Waals surface area (Å²) in [6.07, 6.45) is 0. The average molecular weight is 655 g/mol. The third kappa shape index (κ3) is 4.96. The molecule has 0 aliphatic carbocycles. The van der Waals surface area contributed by atoms with Gasteiger partial charge in [0.2, 0.25) is 5.89 Å². The second kappa shape index (κ2) is 11.9. The molecule has 8 aromatic carbocycles. The second-order valence-electron chi connectivity index (χ2n) is 12.7. The van der Waals surface area contributed by atoms with Crippen LogP contribution in [-0.2, 0) is 0 Å². The topological polar surface area (TPSA) is 42.4 Å². The number of rotatable bonds is 6. The molecule has 0 aliphatic heterocycles. The Kier molecular flexibility index (Phi) is 6.78. The van der Waals surface area contributed by atoms with E-state index in [-0.39, 0.29) is 0 Å². The van der Waals surface area contributed by atoms with Crippen molar-refractivity contribution in [3.05, 3.63) is 182 Å². The van der Waals surface area contributed by atoms with E-state index in [4.69, 9.17) is 13.8 Å². The highest BCUT2D eigenvalue weighted by Crippen LogP contribution is 2.45. The van der Waals surface area contributed by atoms with Gasteiger partial charge in [-0.1, -0.05) is 121 Å². The lowest BCUT2D eigenvalue weighted by Crippen LogP contribution is -2.11. The summed E-state index contributed by atoms with van der Waals surface area (Å²) in [7, 11) is 0. The fourth-order valence-electron chi connectivity index (χ4n) is 7.37. The predicted octanol–water partition coefficient (Wildman–Crippen LogP) is 13.4. The Morgan fingerprint density at radius 2 is 1.10 bits per heavy atom. The van der Waals surface area contributed by atoms with Crippen LogP contribution in [-0.4, -0.2) is 4.98 Å². The van der Waals surface area contributed by atoms with Crippen LogP contribution in [0.3, 0.4) is 0 Å². The Morgan fingerprint density at radius 1 is 0.412 bits per heavy atom. The number of nitrogens with zero attached hydrogens (tertiary/aromatic N) is 2. The summed E-state index contributed by atoms with van der Waals surface area (Å²) in [5.74, 6) is 0.573. The van der Waals surface area contributed by atoms with E-state index >= 15 is 0 Å². The number of oxazole rings is 1. The molecule has 0 spiro atoms. The van der Waals surface area contributed by atoms with Crippen molar-refractivity contribution in [2.45, 2.75) is 0 Å². The van der Waals surface area contributed by atoms with Crippen molar-refractivity contribution in [1.29, 1.82) is 0 Å². The maximum Gasteiger partial charge on any atom is 0.228 e. The van der Waals surface area contributed by atoms with Crippen LogP contribution < -0.4 is 4.90 Å². The molecule has 10 aromatic rings. The zero-order chi connectivity index (χ0) is 33.7. The van der Waals surface area contributed by atoms with Gasteiger partial charge >= 0.3 is 0 Å². The third-order valence-electron chi connectivity index (χ3n) is 9.70. The van der Waals surface area contributed by atoms with Crippen molar-refractivity contribution in [2.24, 2.45) is 0 Å². The minimum absolute atomic E-state index is 0.573. The number of benzene rings is 8. The van der Waals surface area contributed by atoms with E-state index in [9.17, 15) is 0 Å². The second-order valence-corrected chi connectivity index (χ2v) is 12.7. The van der Waals surface area contributed by atoms with Crippen LogP contribution in [0.25, 0.3) is 77.5 Å². The number of anilines is 3. The Balaban J connectivity index is 1.21. The van der Waals surface area contributed by atoms with E-state index in [1.54, 1.807) is 0 Å². The van der Waals surface area contributed by atoms with Gasteiger partial charge in [0.15, 0.2) is 5.58 Å². The third-order valence-corrected chi connectivity index (χ3v) is 9.70. The average Bonchev–Trinajstić information content (AvgIpc) is 3.80. The first-order chi connectivity index (χ1) is 25.3.